The van der Waals surface area contributed by atoms with Gasteiger partial charge in [0.15, 0.2) is 11.6 Å². The zero-order chi connectivity index (χ0) is 23.3. The second-order valence-electron chi connectivity index (χ2n) is 8.81. The van der Waals surface area contributed by atoms with E-state index in [4.69, 9.17) is 10.1 Å². The van der Waals surface area contributed by atoms with Crippen LogP contribution in [0.15, 0.2) is 78.9 Å². The number of rotatable bonds is 6. The van der Waals surface area contributed by atoms with Gasteiger partial charge in [-0.3, -0.25) is 4.79 Å². The molecule has 0 saturated heterocycles. The maximum atomic E-state index is 13.4. The molecule has 0 radical (unpaired) electrons. The Morgan fingerprint density at radius 1 is 0.882 bits per heavy atom. The summed E-state index contributed by atoms with van der Waals surface area (Å²) >= 11 is 0. The number of nitrogens with zero attached hydrogens (tertiary/aromatic N) is 3. The van der Waals surface area contributed by atoms with Crippen LogP contribution in [0.2, 0.25) is 0 Å². The molecule has 1 N–H and O–H groups in total. The van der Waals surface area contributed by atoms with Gasteiger partial charge in [-0.2, -0.15) is 5.10 Å². The highest BCUT2D eigenvalue weighted by molar-refractivity contribution is 5.92. The summed E-state index contributed by atoms with van der Waals surface area (Å²) in [6, 6.07) is 24.0. The van der Waals surface area contributed by atoms with E-state index >= 15 is 0 Å². The zero-order valence-corrected chi connectivity index (χ0v) is 19.0. The normalized spacial score (nSPS) is 14.1. The Bertz CT molecular complexity index is 1240. The Balaban J connectivity index is 1.39. The molecule has 3 aromatic carbocycles. The van der Waals surface area contributed by atoms with Gasteiger partial charge >= 0.3 is 0 Å². The van der Waals surface area contributed by atoms with Crippen LogP contribution < -0.4 is 5.32 Å². The molecule has 1 aliphatic carbocycles. The minimum atomic E-state index is -0.262. The van der Waals surface area contributed by atoms with E-state index in [1.807, 2.05) is 59.3 Å². The first-order chi connectivity index (χ1) is 16.7. The molecule has 0 atom stereocenters. The number of anilines is 1. The first-order valence-corrected chi connectivity index (χ1v) is 11.8. The van der Waals surface area contributed by atoms with Crippen LogP contribution in [0, 0.1) is 11.7 Å². The third kappa shape index (κ3) is 5.06. The maximum Gasteiger partial charge on any atom is 0.227 e. The molecule has 5 rings (SSSR count). The Morgan fingerprint density at radius 2 is 1.59 bits per heavy atom. The molecule has 0 aliphatic heterocycles. The lowest BCUT2D eigenvalue weighted by Crippen LogP contribution is -2.24. The molecule has 1 aromatic heterocycles. The van der Waals surface area contributed by atoms with Crippen molar-refractivity contribution in [3.8, 4) is 22.8 Å². The lowest BCUT2D eigenvalue weighted by atomic mass is 9.88. The van der Waals surface area contributed by atoms with E-state index in [0.717, 1.165) is 53.9 Å². The van der Waals surface area contributed by atoms with Crippen molar-refractivity contribution >= 4 is 11.6 Å². The van der Waals surface area contributed by atoms with Crippen LogP contribution in [-0.4, -0.2) is 20.7 Å². The Labute approximate surface area is 198 Å². The Hall–Kier alpha value is -3.80. The summed E-state index contributed by atoms with van der Waals surface area (Å²) in [6.07, 6.45) is 5.44. The lowest BCUT2D eigenvalue weighted by molar-refractivity contribution is -0.120. The fourth-order valence-electron chi connectivity index (χ4n) is 4.45. The van der Waals surface area contributed by atoms with Crippen molar-refractivity contribution in [2.75, 3.05) is 5.32 Å². The van der Waals surface area contributed by atoms with E-state index in [1.54, 1.807) is 12.1 Å². The lowest BCUT2D eigenvalue weighted by Gasteiger charge is -2.20. The van der Waals surface area contributed by atoms with Crippen LogP contribution in [0.25, 0.3) is 22.8 Å². The Morgan fingerprint density at radius 3 is 2.29 bits per heavy atom. The van der Waals surface area contributed by atoms with E-state index in [9.17, 15) is 9.18 Å². The zero-order valence-electron chi connectivity index (χ0n) is 19.0. The largest absolute Gasteiger partial charge is 0.326 e. The molecule has 34 heavy (non-hydrogen) atoms. The molecule has 1 fully saturated rings. The number of aromatic nitrogens is 3. The van der Waals surface area contributed by atoms with Crippen LogP contribution >= 0.6 is 0 Å². The van der Waals surface area contributed by atoms with E-state index in [2.05, 4.69) is 5.32 Å². The smallest absolute Gasteiger partial charge is 0.227 e. The average molecular weight is 455 g/mol. The summed E-state index contributed by atoms with van der Waals surface area (Å²) in [6.45, 7) is 0.479. The van der Waals surface area contributed by atoms with E-state index in [0.29, 0.717) is 12.4 Å². The monoisotopic (exact) mass is 454 g/mol. The maximum absolute atomic E-state index is 13.4. The molecule has 0 bridgehead atoms. The second-order valence-corrected chi connectivity index (χ2v) is 8.81. The second kappa shape index (κ2) is 10.00. The third-order valence-corrected chi connectivity index (χ3v) is 6.34. The first-order valence-electron chi connectivity index (χ1n) is 11.8. The van der Waals surface area contributed by atoms with E-state index in [-0.39, 0.29) is 17.6 Å². The summed E-state index contributed by atoms with van der Waals surface area (Å²) in [5.41, 5.74) is 3.55. The summed E-state index contributed by atoms with van der Waals surface area (Å²) in [5, 5.41) is 7.82. The first kappa shape index (κ1) is 22.0. The van der Waals surface area contributed by atoms with Crippen LogP contribution in [-0.2, 0) is 11.3 Å². The van der Waals surface area contributed by atoms with Gasteiger partial charge in [0.05, 0.1) is 6.54 Å². The number of carbonyl (C=O) groups excluding carboxylic acids is 1. The number of hydrogen-bond acceptors (Lipinski definition) is 3. The topological polar surface area (TPSA) is 59.8 Å². The number of nitrogens with one attached hydrogen (secondary N) is 1. The molecule has 1 aliphatic rings. The predicted octanol–water partition coefficient (Wildman–Crippen LogP) is 6.32. The van der Waals surface area contributed by atoms with Gasteiger partial charge in [0.2, 0.25) is 5.91 Å². The van der Waals surface area contributed by atoms with Gasteiger partial charge < -0.3 is 5.32 Å². The van der Waals surface area contributed by atoms with Crippen molar-refractivity contribution < 1.29 is 9.18 Å². The van der Waals surface area contributed by atoms with Gasteiger partial charge in [0.1, 0.15) is 5.82 Å². The molecular weight excluding hydrogens is 427 g/mol. The van der Waals surface area contributed by atoms with Crippen LogP contribution in [0.4, 0.5) is 10.1 Å². The highest BCUT2D eigenvalue weighted by Gasteiger charge is 2.21. The minimum absolute atomic E-state index is 0.112. The molecule has 1 heterocycles. The fraction of sp³-hybridized carbons (Fsp3) is 0.250. The number of hydrogen-bond donors (Lipinski definition) is 1. The summed E-state index contributed by atoms with van der Waals surface area (Å²) in [5.74, 6) is 1.31. The van der Waals surface area contributed by atoms with Crippen molar-refractivity contribution in [3.05, 3.63) is 90.2 Å². The van der Waals surface area contributed by atoms with Gasteiger partial charge in [-0.15, -0.1) is 0 Å². The standard InChI is InChI=1S/C28H27FN4O/c29-24-15-11-20(12-16-24)19-33-27(22-7-3-1-4-8-22)31-26(32-33)21-13-17-25(18-14-21)30-28(34)23-9-5-2-6-10-23/h1,3-4,7-8,11-18,23H,2,5-6,9-10,19H2,(H,30,34). The van der Waals surface area contributed by atoms with Crippen LogP contribution in [0.3, 0.4) is 0 Å². The van der Waals surface area contributed by atoms with Crippen molar-refractivity contribution in [1.82, 2.24) is 14.8 Å². The molecule has 0 spiro atoms. The summed E-state index contributed by atoms with van der Waals surface area (Å²) in [7, 11) is 0. The average Bonchev–Trinajstić information content (AvgIpc) is 3.30. The molecule has 4 aromatic rings. The van der Waals surface area contributed by atoms with Crippen LogP contribution in [0.1, 0.15) is 37.7 Å². The molecule has 5 nitrogen and oxygen atoms in total. The quantitative estimate of drug-likeness (QED) is 0.371. The fourth-order valence-corrected chi connectivity index (χ4v) is 4.45. The van der Waals surface area contributed by atoms with Gasteiger partial charge in [-0.1, -0.05) is 61.7 Å². The van der Waals surface area contributed by atoms with Crippen molar-refractivity contribution in [1.29, 1.82) is 0 Å². The van der Waals surface area contributed by atoms with Gasteiger partial charge in [0, 0.05) is 22.7 Å². The third-order valence-electron chi connectivity index (χ3n) is 6.34. The van der Waals surface area contributed by atoms with Crippen molar-refractivity contribution in [3.63, 3.8) is 0 Å². The van der Waals surface area contributed by atoms with Crippen molar-refractivity contribution in [2.24, 2.45) is 5.92 Å². The highest BCUT2D eigenvalue weighted by Crippen LogP contribution is 2.27. The molecule has 172 valence electrons. The number of carbonyl (C=O) groups is 1. The predicted molar refractivity (Wildman–Crippen MR) is 132 cm³/mol. The summed E-state index contributed by atoms with van der Waals surface area (Å²) < 4.78 is 15.2. The number of amides is 1. The molecular formula is C28H27FN4O. The molecule has 0 unspecified atom stereocenters. The SMILES string of the molecule is O=C(Nc1ccc(-c2nc(-c3ccccc3)n(Cc3ccc(F)cc3)n2)cc1)C1CCCCC1. The Kier molecular flexibility index (Phi) is 6.47. The number of halogens is 1. The van der Waals surface area contributed by atoms with Crippen molar-refractivity contribution in [2.45, 2.75) is 38.6 Å². The van der Waals surface area contributed by atoms with Gasteiger partial charge in [-0.05, 0) is 54.8 Å². The highest BCUT2D eigenvalue weighted by atomic mass is 19.1. The summed E-state index contributed by atoms with van der Waals surface area (Å²) in [4.78, 5) is 17.4. The van der Waals surface area contributed by atoms with E-state index in [1.165, 1.54) is 18.6 Å². The minimum Gasteiger partial charge on any atom is -0.326 e. The van der Waals surface area contributed by atoms with Crippen LogP contribution in [0.5, 0.6) is 0 Å². The molecule has 6 heteroatoms. The van der Waals surface area contributed by atoms with Gasteiger partial charge in [0.25, 0.3) is 0 Å². The van der Waals surface area contributed by atoms with Gasteiger partial charge in [-0.25, -0.2) is 14.1 Å². The molecule has 1 saturated carbocycles. The molecule has 1 amide bonds. The van der Waals surface area contributed by atoms with E-state index < -0.39 is 0 Å². The number of benzene rings is 3.